The summed E-state index contributed by atoms with van der Waals surface area (Å²) in [6.45, 7) is 0. The molecule has 0 amide bonds. The van der Waals surface area contributed by atoms with Gasteiger partial charge in [0, 0.05) is 0 Å². The standard InChI is InChI=1S/C6H5FO2S.Na/c7-5-1-3-6(4-2-5)10(8)9;/h1-4H,(H,8,9);/q;+1. The molecule has 1 aromatic rings. The number of rotatable bonds is 1. The SMILES string of the molecule is O=S(O)c1ccc(F)cc1.[Na+]. The van der Waals surface area contributed by atoms with Gasteiger partial charge in [0.15, 0.2) is 11.1 Å². The molecule has 0 aromatic heterocycles. The average Bonchev–Trinajstić information content (AvgIpc) is 1.88. The summed E-state index contributed by atoms with van der Waals surface area (Å²) in [5.74, 6) is -0.408. The van der Waals surface area contributed by atoms with E-state index in [2.05, 4.69) is 0 Å². The van der Waals surface area contributed by atoms with E-state index in [4.69, 9.17) is 4.55 Å². The number of hydrogen-bond donors (Lipinski definition) is 1. The number of hydrogen-bond acceptors (Lipinski definition) is 1. The molecule has 0 bridgehead atoms. The van der Waals surface area contributed by atoms with Crippen molar-refractivity contribution in [3.05, 3.63) is 30.1 Å². The summed E-state index contributed by atoms with van der Waals surface area (Å²) >= 11 is -2.00. The first kappa shape index (κ1) is 11.3. The molecule has 5 heteroatoms. The third kappa shape index (κ3) is 3.44. The molecule has 1 N–H and O–H groups in total. The van der Waals surface area contributed by atoms with E-state index in [1.807, 2.05) is 0 Å². The van der Waals surface area contributed by atoms with Gasteiger partial charge in [0.25, 0.3) is 0 Å². The first-order chi connectivity index (χ1) is 4.70. The zero-order valence-electron chi connectivity index (χ0n) is 5.95. The van der Waals surface area contributed by atoms with Crippen molar-refractivity contribution in [3.8, 4) is 0 Å². The van der Waals surface area contributed by atoms with Crippen LogP contribution in [0.25, 0.3) is 0 Å². The Hall–Kier alpha value is 0.260. The predicted molar refractivity (Wildman–Crippen MR) is 35.4 cm³/mol. The summed E-state index contributed by atoms with van der Waals surface area (Å²) in [5.41, 5.74) is 0. The quantitative estimate of drug-likeness (QED) is 0.421. The van der Waals surface area contributed by atoms with Crippen LogP contribution in [0.5, 0.6) is 0 Å². The Balaban J connectivity index is 0.000001000. The van der Waals surface area contributed by atoms with Gasteiger partial charge in [-0.15, -0.1) is 0 Å². The van der Waals surface area contributed by atoms with Crippen molar-refractivity contribution in [3.63, 3.8) is 0 Å². The fraction of sp³-hybridized carbons (Fsp3) is 0. The summed E-state index contributed by atoms with van der Waals surface area (Å²) in [6.07, 6.45) is 0. The average molecular weight is 183 g/mol. The first-order valence-corrected chi connectivity index (χ1v) is 3.67. The van der Waals surface area contributed by atoms with Crippen molar-refractivity contribution in [1.82, 2.24) is 0 Å². The van der Waals surface area contributed by atoms with Crippen LogP contribution in [0.1, 0.15) is 0 Å². The Morgan fingerprint density at radius 3 is 2.09 bits per heavy atom. The normalized spacial score (nSPS) is 11.8. The van der Waals surface area contributed by atoms with Crippen molar-refractivity contribution in [2.45, 2.75) is 4.90 Å². The van der Waals surface area contributed by atoms with E-state index in [1.165, 1.54) is 12.1 Å². The Labute approximate surface area is 88.4 Å². The van der Waals surface area contributed by atoms with E-state index in [-0.39, 0.29) is 34.5 Å². The predicted octanol–water partition coefficient (Wildman–Crippen LogP) is -1.59. The van der Waals surface area contributed by atoms with Gasteiger partial charge in [0.05, 0.1) is 4.90 Å². The molecule has 11 heavy (non-hydrogen) atoms. The molecule has 1 unspecified atom stereocenters. The van der Waals surface area contributed by atoms with Crippen LogP contribution in [0.2, 0.25) is 0 Å². The minimum Gasteiger partial charge on any atom is -0.302 e. The topological polar surface area (TPSA) is 37.3 Å². The monoisotopic (exact) mass is 183 g/mol. The molecule has 1 atom stereocenters. The molecule has 0 fully saturated rings. The van der Waals surface area contributed by atoms with Crippen molar-refractivity contribution >= 4 is 11.1 Å². The smallest absolute Gasteiger partial charge is 0.302 e. The van der Waals surface area contributed by atoms with E-state index in [9.17, 15) is 8.60 Å². The van der Waals surface area contributed by atoms with Gasteiger partial charge in [-0.2, -0.15) is 0 Å². The first-order valence-electron chi connectivity index (χ1n) is 2.56. The van der Waals surface area contributed by atoms with Gasteiger partial charge < -0.3 is 4.55 Å². The van der Waals surface area contributed by atoms with Gasteiger partial charge in [-0.05, 0) is 24.3 Å². The zero-order chi connectivity index (χ0) is 7.56. The van der Waals surface area contributed by atoms with Crippen LogP contribution in [-0.4, -0.2) is 8.76 Å². The zero-order valence-corrected chi connectivity index (χ0v) is 8.77. The largest absolute Gasteiger partial charge is 1.00 e. The van der Waals surface area contributed by atoms with Gasteiger partial charge in [0.1, 0.15) is 5.82 Å². The second-order valence-corrected chi connectivity index (χ2v) is 2.67. The summed E-state index contributed by atoms with van der Waals surface area (Å²) in [6, 6.07) is 4.82. The van der Waals surface area contributed by atoms with Gasteiger partial charge in [-0.3, -0.25) is 0 Å². The van der Waals surface area contributed by atoms with E-state index in [0.29, 0.717) is 0 Å². The van der Waals surface area contributed by atoms with E-state index in [0.717, 1.165) is 12.1 Å². The van der Waals surface area contributed by atoms with Gasteiger partial charge in [-0.25, -0.2) is 8.60 Å². The fourth-order valence-corrected chi connectivity index (χ4v) is 0.920. The fourth-order valence-electron chi connectivity index (χ4n) is 0.551. The van der Waals surface area contributed by atoms with Crippen molar-refractivity contribution in [2.24, 2.45) is 0 Å². The van der Waals surface area contributed by atoms with Crippen LogP contribution in [0.15, 0.2) is 29.2 Å². The van der Waals surface area contributed by atoms with Crippen molar-refractivity contribution in [2.75, 3.05) is 0 Å². The molecule has 0 saturated heterocycles. The third-order valence-electron chi connectivity index (χ3n) is 1.02. The maximum absolute atomic E-state index is 12.2. The summed E-state index contributed by atoms with van der Waals surface area (Å²) in [7, 11) is 0. The summed E-state index contributed by atoms with van der Waals surface area (Å²) in [5, 5.41) is 0. The van der Waals surface area contributed by atoms with Gasteiger partial charge >= 0.3 is 29.6 Å². The molecule has 0 heterocycles. The van der Waals surface area contributed by atoms with E-state index >= 15 is 0 Å². The molecule has 0 aliphatic rings. The Kier molecular flexibility index (Phi) is 5.12. The molecular weight excluding hydrogens is 178 g/mol. The molecule has 2 nitrogen and oxygen atoms in total. The molecule has 0 radical (unpaired) electrons. The Bertz CT molecular complexity index is 249. The molecule has 1 rings (SSSR count). The van der Waals surface area contributed by atoms with Gasteiger partial charge in [-0.1, -0.05) is 0 Å². The maximum atomic E-state index is 12.2. The van der Waals surface area contributed by atoms with E-state index < -0.39 is 16.9 Å². The molecule has 0 spiro atoms. The second kappa shape index (κ2) is 5.00. The number of halogens is 1. The van der Waals surface area contributed by atoms with Crippen LogP contribution in [0.4, 0.5) is 4.39 Å². The van der Waals surface area contributed by atoms with Crippen molar-refractivity contribution in [1.29, 1.82) is 0 Å². The van der Waals surface area contributed by atoms with Crippen LogP contribution in [-0.2, 0) is 11.1 Å². The minimum absolute atomic E-state index is 0. The third-order valence-corrected chi connectivity index (χ3v) is 1.69. The van der Waals surface area contributed by atoms with Crippen molar-refractivity contribution < 1.29 is 42.7 Å². The number of benzene rings is 1. The van der Waals surface area contributed by atoms with Crippen LogP contribution in [0.3, 0.4) is 0 Å². The molecule has 0 aliphatic heterocycles. The molecule has 1 aromatic carbocycles. The summed E-state index contributed by atoms with van der Waals surface area (Å²) < 4.78 is 30.9. The van der Waals surface area contributed by atoms with Gasteiger partial charge in [0.2, 0.25) is 0 Å². The second-order valence-electron chi connectivity index (χ2n) is 1.70. The minimum atomic E-state index is -2.00. The van der Waals surface area contributed by atoms with Crippen LogP contribution < -0.4 is 29.6 Å². The van der Waals surface area contributed by atoms with Crippen LogP contribution in [0, 0.1) is 5.82 Å². The molecule has 0 aliphatic carbocycles. The summed E-state index contributed by atoms with van der Waals surface area (Å²) in [4.78, 5) is 0.210. The maximum Gasteiger partial charge on any atom is 1.00 e. The van der Waals surface area contributed by atoms with E-state index in [1.54, 1.807) is 0 Å². The molecule has 54 valence electrons. The Morgan fingerprint density at radius 1 is 1.27 bits per heavy atom. The van der Waals surface area contributed by atoms with Crippen LogP contribution >= 0.6 is 0 Å². The molecule has 0 saturated carbocycles. The molecular formula is C6H5FNaO2S+. The Morgan fingerprint density at radius 2 is 1.73 bits per heavy atom.